The number of hydrogen-bond donors (Lipinski definition) is 2. The lowest BCUT2D eigenvalue weighted by atomic mass is 10.0. The molecule has 0 saturated heterocycles. The molecule has 1 aliphatic rings. The Morgan fingerprint density at radius 1 is 1.14 bits per heavy atom. The molecule has 2 nitrogen and oxygen atoms in total. The van der Waals surface area contributed by atoms with Crippen LogP contribution in [0.1, 0.15) is 41.5 Å². The van der Waals surface area contributed by atoms with E-state index in [2.05, 4.69) is 46.9 Å². The summed E-state index contributed by atoms with van der Waals surface area (Å²) in [7, 11) is 0. The molecule has 0 spiro atoms. The topological polar surface area (TPSA) is 38.0 Å². The molecule has 1 aliphatic carbocycles. The third-order valence-corrected chi connectivity index (χ3v) is 4.56. The molecular weight excluding hydrogens is 172 g/mol. The van der Waals surface area contributed by atoms with Crippen molar-refractivity contribution in [2.75, 3.05) is 6.54 Å². The Bertz CT molecular complexity index is 192. The molecule has 2 atom stereocenters. The molecule has 14 heavy (non-hydrogen) atoms. The van der Waals surface area contributed by atoms with Gasteiger partial charge in [0.05, 0.1) is 0 Å². The van der Waals surface area contributed by atoms with Crippen LogP contribution in [0.25, 0.3) is 0 Å². The van der Waals surface area contributed by atoms with E-state index < -0.39 is 0 Å². The Labute approximate surface area is 88.6 Å². The molecule has 84 valence electrons. The van der Waals surface area contributed by atoms with E-state index in [-0.39, 0.29) is 6.04 Å². The van der Waals surface area contributed by atoms with Crippen molar-refractivity contribution in [3.05, 3.63) is 0 Å². The Kier molecular flexibility index (Phi) is 2.99. The minimum Gasteiger partial charge on any atom is -0.328 e. The van der Waals surface area contributed by atoms with Crippen molar-refractivity contribution < 1.29 is 0 Å². The van der Waals surface area contributed by atoms with Crippen LogP contribution >= 0.6 is 0 Å². The van der Waals surface area contributed by atoms with Crippen LogP contribution < -0.4 is 11.1 Å². The average molecular weight is 198 g/mol. The van der Waals surface area contributed by atoms with Gasteiger partial charge in [-0.15, -0.1) is 0 Å². The molecule has 0 heterocycles. The van der Waals surface area contributed by atoms with Gasteiger partial charge in [-0.2, -0.15) is 0 Å². The van der Waals surface area contributed by atoms with Crippen LogP contribution in [0.2, 0.25) is 0 Å². The first-order valence-electron chi connectivity index (χ1n) is 5.70. The number of hydrogen-bond acceptors (Lipinski definition) is 2. The molecule has 0 aromatic rings. The van der Waals surface area contributed by atoms with E-state index in [0.29, 0.717) is 22.8 Å². The fraction of sp³-hybridized carbons (Fsp3) is 1.00. The van der Waals surface area contributed by atoms with Gasteiger partial charge in [0, 0.05) is 12.1 Å². The van der Waals surface area contributed by atoms with Gasteiger partial charge in [0.25, 0.3) is 0 Å². The zero-order valence-electron chi connectivity index (χ0n) is 10.5. The zero-order valence-corrected chi connectivity index (χ0v) is 10.5. The lowest BCUT2D eigenvalue weighted by Crippen LogP contribution is -2.35. The van der Waals surface area contributed by atoms with E-state index in [4.69, 9.17) is 5.73 Å². The van der Waals surface area contributed by atoms with Gasteiger partial charge in [-0.05, 0) is 30.2 Å². The van der Waals surface area contributed by atoms with Crippen molar-refractivity contribution in [2.24, 2.45) is 22.5 Å². The summed E-state index contributed by atoms with van der Waals surface area (Å²) >= 11 is 0. The van der Waals surface area contributed by atoms with Crippen LogP contribution in [0.15, 0.2) is 0 Å². The molecule has 0 aromatic carbocycles. The first-order valence-corrected chi connectivity index (χ1v) is 5.70. The van der Waals surface area contributed by atoms with Gasteiger partial charge in [-0.3, -0.25) is 0 Å². The van der Waals surface area contributed by atoms with Crippen molar-refractivity contribution >= 4 is 0 Å². The lowest BCUT2D eigenvalue weighted by molar-refractivity contribution is 0.423. The summed E-state index contributed by atoms with van der Waals surface area (Å²) in [5, 5.41) is 3.64. The predicted octanol–water partition coefficient (Wildman–Crippen LogP) is 1.99. The lowest BCUT2D eigenvalue weighted by Gasteiger charge is -2.17. The van der Waals surface area contributed by atoms with Gasteiger partial charge in [-0.1, -0.05) is 34.6 Å². The Morgan fingerprint density at radius 2 is 1.57 bits per heavy atom. The maximum Gasteiger partial charge on any atom is 0.0181 e. The predicted molar refractivity (Wildman–Crippen MR) is 62.2 cm³/mol. The van der Waals surface area contributed by atoms with E-state index in [1.165, 1.54) is 0 Å². The second kappa shape index (κ2) is 3.49. The SMILES string of the molecule is CC(N)C(C)CNC1C(C)(C)C1(C)C. The third kappa shape index (κ3) is 1.82. The van der Waals surface area contributed by atoms with E-state index in [1.807, 2.05) is 0 Å². The number of nitrogens with one attached hydrogen (secondary N) is 1. The van der Waals surface area contributed by atoms with Gasteiger partial charge in [-0.25, -0.2) is 0 Å². The van der Waals surface area contributed by atoms with Crippen LogP contribution in [0, 0.1) is 16.7 Å². The fourth-order valence-electron chi connectivity index (χ4n) is 2.20. The largest absolute Gasteiger partial charge is 0.328 e. The molecule has 0 aliphatic heterocycles. The highest BCUT2D eigenvalue weighted by molar-refractivity contribution is 5.17. The van der Waals surface area contributed by atoms with E-state index in [9.17, 15) is 0 Å². The minimum atomic E-state index is 0.285. The van der Waals surface area contributed by atoms with Gasteiger partial charge in [0.15, 0.2) is 0 Å². The van der Waals surface area contributed by atoms with Crippen molar-refractivity contribution in [1.29, 1.82) is 0 Å². The maximum atomic E-state index is 5.84. The second-order valence-electron chi connectivity index (χ2n) is 6.12. The van der Waals surface area contributed by atoms with Gasteiger partial charge in [0.1, 0.15) is 0 Å². The second-order valence-corrected chi connectivity index (χ2v) is 6.12. The molecule has 1 saturated carbocycles. The van der Waals surface area contributed by atoms with Crippen molar-refractivity contribution in [3.8, 4) is 0 Å². The summed E-state index contributed by atoms with van der Waals surface area (Å²) in [5.74, 6) is 0.558. The first kappa shape index (κ1) is 12.0. The maximum absolute atomic E-state index is 5.84. The van der Waals surface area contributed by atoms with Gasteiger partial charge >= 0.3 is 0 Å². The highest BCUT2D eigenvalue weighted by Crippen LogP contribution is 2.62. The Morgan fingerprint density at radius 3 is 1.86 bits per heavy atom. The quantitative estimate of drug-likeness (QED) is 0.725. The molecule has 1 fully saturated rings. The van der Waals surface area contributed by atoms with Crippen molar-refractivity contribution in [2.45, 2.75) is 53.6 Å². The van der Waals surface area contributed by atoms with E-state index in [1.54, 1.807) is 0 Å². The summed E-state index contributed by atoms with van der Waals surface area (Å²) in [5.41, 5.74) is 6.71. The molecule has 0 aromatic heterocycles. The fourth-order valence-corrected chi connectivity index (χ4v) is 2.20. The summed E-state index contributed by atoms with van der Waals surface area (Å²) in [4.78, 5) is 0. The molecule has 1 rings (SSSR count). The van der Waals surface area contributed by atoms with Crippen LogP contribution in [0.4, 0.5) is 0 Å². The van der Waals surface area contributed by atoms with Crippen LogP contribution in [-0.4, -0.2) is 18.6 Å². The third-order valence-electron chi connectivity index (χ3n) is 4.56. The van der Waals surface area contributed by atoms with E-state index in [0.717, 1.165) is 6.54 Å². The standard InChI is InChI=1S/C12H26N2/c1-8(9(2)13)7-14-10-11(3,4)12(10,5)6/h8-10,14H,7,13H2,1-6H3. The number of nitrogens with two attached hydrogens (primary N) is 1. The Hall–Kier alpha value is -0.0800. The molecule has 3 N–H and O–H groups in total. The van der Waals surface area contributed by atoms with Gasteiger partial charge < -0.3 is 11.1 Å². The average Bonchev–Trinajstić information content (AvgIpc) is 2.39. The summed E-state index contributed by atoms with van der Waals surface area (Å²) in [6, 6.07) is 0.934. The molecular formula is C12H26N2. The smallest absolute Gasteiger partial charge is 0.0181 e. The zero-order chi connectivity index (χ0) is 11.1. The minimum absolute atomic E-state index is 0.285. The van der Waals surface area contributed by atoms with Crippen molar-refractivity contribution in [1.82, 2.24) is 5.32 Å². The highest BCUT2D eigenvalue weighted by Gasteiger charge is 2.64. The van der Waals surface area contributed by atoms with Crippen LogP contribution in [0.5, 0.6) is 0 Å². The van der Waals surface area contributed by atoms with Crippen molar-refractivity contribution in [3.63, 3.8) is 0 Å². The normalized spacial score (nSPS) is 28.5. The highest BCUT2D eigenvalue weighted by atomic mass is 15.0. The molecule has 0 radical (unpaired) electrons. The summed E-state index contributed by atoms with van der Waals surface area (Å²) < 4.78 is 0. The summed E-state index contributed by atoms with van der Waals surface area (Å²) in [6.07, 6.45) is 0. The van der Waals surface area contributed by atoms with E-state index >= 15 is 0 Å². The van der Waals surface area contributed by atoms with Gasteiger partial charge in [0.2, 0.25) is 0 Å². The monoisotopic (exact) mass is 198 g/mol. The first-order chi connectivity index (χ1) is 6.21. The Balaban J connectivity index is 2.36. The molecule has 2 heteroatoms. The van der Waals surface area contributed by atoms with Crippen LogP contribution in [-0.2, 0) is 0 Å². The number of rotatable bonds is 4. The van der Waals surface area contributed by atoms with Crippen LogP contribution in [0.3, 0.4) is 0 Å². The summed E-state index contributed by atoms with van der Waals surface area (Å²) in [6.45, 7) is 14.7. The molecule has 0 amide bonds. The molecule has 2 unspecified atom stereocenters. The molecule has 0 bridgehead atoms.